The van der Waals surface area contributed by atoms with E-state index in [1.165, 1.54) is 30.3 Å². The van der Waals surface area contributed by atoms with Crippen LogP contribution >= 0.6 is 0 Å². The van der Waals surface area contributed by atoms with Gasteiger partial charge in [0, 0.05) is 46.4 Å². The van der Waals surface area contributed by atoms with Crippen molar-refractivity contribution in [3.05, 3.63) is 86.2 Å². The van der Waals surface area contributed by atoms with E-state index >= 15 is 0 Å². The van der Waals surface area contributed by atoms with Crippen molar-refractivity contribution in [2.45, 2.75) is 0 Å². The van der Waals surface area contributed by atoms with Gasteiger partial charge in [0.05, 0.1) is 33.1 Å². The normalized spacial score (nSPS) is 10.6. The third kappa shape index (κ3) is 3.27. The maximum atomic E-state index is 11.2. The van der Waals surface area contributed by atoms with E-state index in [0.29, 0.717) is 44.6 Å². The number of hydrogen-bond acceptors (Lipinski definition) is 7. The summed E-state index contributed by atoms with van der Waals surface area (Å²) in [5, 5.41) is 26.7. The van der Waals surface area contributed by atoms with Crippen molar-refractivity contribution in [1.82, 2.24) is 4.98 Å². The van der Waals surface area contributed by atoms with Gasteiger partial charge in [0.2, 0.25) is 0 Å². The molecule has 1 heterocycles. The van der Waals surface area contributed by atoms with E-state index in [1.807, 2.05) is 0 Å². The van der Waals surface area contributed by atoms with Crippen LogP contribution in [0.15, 0.2) is 54.6 Å². The molecule has 10 nitrogen and oxygen atoms in total. The van der Waals surface area contributed by atoms with Crippen LogP contribution in [-0.2, 0) is 0 Å². The summed E-state index contributed by atoms with van der Waals surface area (Å²) in [6.45, 7) is 7.21. The summed E-state index contributed by atoms with van der Waals surface area (Å²) >= 11 is 0. The maximum absolute atomic E-state index is 11.2. The number of hydrogen-bond donors (Lipinski definition) is 2. The number of nitro benzene ring substituents is 2. The number of aromatic nitrogens is 1. The number of nitrogens with zero attached hydrogens (tertiary/aromatic N) is 4. The number of benzene rings is 3. The van der Waals surface area contributed by atoms with Crippen LogP contribution in [0.5, 0.6) is 0 Å². The van der Waals surface area contributed by atoms with Crippen molar-refractivity contribution in [3.8, 4) is 0 Å². The number of nitrogens with two attached hydrogens (primary N) is 1. The average Bonchev–Trinajstić information content (AvgIpc) is 2.72. The molecule has 4 rings (SSSR count). The Kier molecular flexibility index (Phi) is 4.33. The van der Waals surface area contributed by atoms with Crippen molar-refractivity contribution in [2.24, 2.45) is 0 Å². The highest BCUT2D eigenvalue weighted by Crippen LogP contribution is 2.37. The number of non-ortho nitro benzene ring substituents is 2. The van der Waals surface area contributed by atoms with Crippen molar-refractivity contribution in [2.75, 3.05) is 11.1 Å². The van der Waals surface area contributed by atoms with Crippen molar-refractivity contribution in [1.29, 1.82) is 0 Å². The zero-order chi connectivity index (χ0) is 21.4. The molecule has 0 aliphatic rings. The first-order chi connectivity index (χ1) is 14.4. The molecule has 1 aromatic heterocycles. The van der Waals surface area contributed by atoms with Crippen LogP contribution in [0.3, 0.4) is 0 Å². The van der Waals surface area contributed by atoms with E-state index < -0.39 is 9.85 Å². The largest absolute Gasteiger partial charge is 0.400 e. The van der Waals surface area contributed by atoms with Crippen molar-refractivity contribution < 1.29 is 9.85 Å². The van der Waals surface area contributed by atoms with Crippen molar-refractivity contribution >= 4 is 55.9 Å². The molecule has 0 bridgehead atoms. The van der Waals surface area contributed by atoms with E-state index in [1.54, 1.807) is 24.3 Å². The summed E-state index contributed by atoms with van der Waals surface area (Å²) in [6, 6.07) is 13.2. The molecule has 0 amide bonds. The second-order valence-electron chi connectivity index (χ2n) is 6.45. The topological polar surface area (TPSA) is 142 Å². The molecule has 30 heavy (non-hydrogen) atoms. The lowest BCUT2D eigenvalue weighted by molar-refractivity contribution is -0.384. The van der Waals surface area contributed by atoms with Gasteiger partial charge in [0.1, 0.15) is 0 Å². The van der Waals surface area contributed by atoms with E-state index in [9.17, 15) is 20.2 Å². The Morgan fingerprint density at radius 3 is 1.97 bits per heavy atom. The van der Waals surface area contributed by atoms with Crippen LogP contribution in [0.2, 0.25) is 0 Å². The summed E-state index contributed by atoms with van der Waals surface area (Å²) in [4.78, 5) is 29.0. The van der Waals surface area contributed by atoms with Gasteiger partial charge >= 0.3 is 0 Å². The van der Waals surface area contributed by atoms with Gasteiger partial charge in [-0.1, -0.05) is 0 Å². The molecule has 4 aromatic rings. The zero-order valence-corrected chi connectivity index (χ0v) is 15.2. The van der Waals surface area contributed by atoms with Crippen LogP contribution in [0.1, 0.15) is 0 Å². The molecule has 3 aromatic carbocycles. The van der Waals surface area contributed by atoms with Gasteiger partial charge in [-0.3, -0.25) is 20.2 Å². The fraction of sp³-hybridized carbons (Fsp3) is 0. The second kappa shape index (κ2) is 6.99. The Morgan fingerprint density at radius 1 is 0.900 bits per heavy atom. The van der Waals surface area contributed by atoms with Crippen LogP contribution in [0, 0.1) is 26.8 Å². The summed E-state index contributed by atoms with van der Waals surface area (Å²) in [5.41, 5.74) is 7.98. The number of rotatable bonds is 4. The Morgan fingerprint density at radius 2 is 1.47 bits per heavy atom. The third-order valence-electron chi connectivity index (χ3n) is 4.50. The molecule has 0 spiro atoms. The van der Waals surface area contributed by atoms with Gasteiger partial charge in [0.15, 0.2) is 5.69 Å². The van der Waals surface area contributed by atoms with E-state index in [-0.39, 0.29) is 11.4 Å². The molecule has 10 heteroatoms. The SMILES string of the molecule is [C-]#[N+]c1cc(N)cc(Nc2c3ccc([N+](=O)[O-])cc3nc3cc([N+](=O)[O-])ccc23)c1. The first kappa shape index (κ1) is 18.6. The van der Waals surface area contributed by atoms with Gasteiger partial charge in [0.25, 0.3) is 11.4 Å². The molecule has 0 radical (unpaired) electrons. The lowest BCUT2D eigenvalue weighted by Gasteiger charge is -2.14. The monoisotopic (exact) mass is 400 g/mol. The van der Waals surface area contributed by atoms with Gasteiger partial charge in [-0.15, -0.1) is 0 Å². The standard InChI is InChI=1S/C20H12N6O4/c1-22-12-6-11(21)7-13(8-12)23-20-16-4-2-14(25(27)28)9-18(16)24-19-10-15(26(29)30)3-5-17(19)20/h2-10H,21H2,(H,23,24). The minimum atomic E-state index is -0.536. The molecule has 0 saturated carbocycles. The number of fused-ring (bicyclic) bond motifs is 2. The Hall–Kier alpha value is -4.78. The number of pyridine rings is 1. The summed E-state index contributed by atoms with van der Waals surface area (Å²) < 4.78 is 0. The second-order valence-corrected chi connectivity index (χ2v) is 6.45. The third-order valence-corrected chi connectivity index (χ3v) is 4.50. The minimum Gasteiger partial charge on any atom is -0.400 e. The average molecular weight is 400 g/mol. The number of nitrogen functional groups attached to an aromatic ring is 1. The number of anilines is 3. The van der Waals surface area contributed by atoms with E-state index in [4.69, 9.17) is 12.3 Å². The van der Waals surface area contributed by atoms with E-state index in [0.717, 1.165) is 0 Å². The Labute approximate surface area is 168 Å². The quantitative estimate of drug-likeness (QED) is 0.160. The smallest absolute Gasteiger partial charge is 0.271 e. The van der Waals surface area contributed by atoms with Crippen LogP contribution < -0.4 is 11.1 Å². The van der Waals surface area contributed by atoms with Crippen molar-refractivity contribution in [3.63, 3.8) is 0 Å². The Balaban J connectivity index is 2.01. The molecular weight excluding hydrogens is 388 g/mol. The predicted molar refractivity (Wildman–Crippen MR) is 113 cm³/mol. The fourth-order valence-corrected chi connectivity index (χ4v) is 3.20. The lowest BCUT2D eigenvalue weighted by atomic mass is 10.1. The molecule has 0 aliphatic carbocycles. The van der Waals surface area contributed by atoms with E-state index in [2.05, 4.69) is 15.1 Å². The molecular formula is C20H12N6O4. The first-order valence-electron chi connectivity index (χ1n) is 8.57. The van der Waals surface area contributed by atoms with Crippen LogP contribution in [0.4, 0.5) is 34.1 Å². The lowest BCUT2D eigenvalue weighted by Crippen LogP contribution is -1.98. The van der Waals surface area contributed by atoms with Gasteiger partial charge in [-0.2, -0.15) is 0 Å². The molecule has 0 unspecified atom stereocenters. The summed E-state index contributed by atoms with van der Waals surface area (Å²) in [6.07, 6.45) is 0. The fourth-order valence-electron chi connectivity index (χ4n) is 3.20. The van der Waals surface area contributed by atoms with Gasteiger partial charge in [-0.05, 0) is 30.3 Å². The number of nitro groups is 2. The summed E-state index contributed by atoms with van der Waals surface area (Å²) in [7, 11) is 0. The van der Waals surface area contributed by atoms with Gasteiger partial charge < -0.3 is 11.1 Å². The number of nitrogens with one attached hydrogen (secondary N) is 1. The van der Waals surface area contributed by atoms with Crippen LogP contribution in [0.25, 0.3) is 26.7 Å². The zero-order valence-electron chi connectivity index (χ0n) is 15.2. The highest BCUT2D eigenvalue weighted by molar-refractivity contribution is 6.09. The molecule has 3 N–H and O–H groups in total. The highest BCUT2D eigenvalue weighted by atomic mass is 16.6. The Bertz CT molecular complexity index is 1340. The first-order valence-corrected chi connectivity index (χ1v) is 8.57. The molecule has 0 saturated heterocycles. The summed E-state index contributed by atoms with van der Waals surface area (Å²) in [5.74, 6) is 0. The molecule has 0 atom stereocenters. The van der Waals surface area contributed by atoms with Crippen LogP contribution in [-0.4, -0.2) is 14.8 Å². The predicted octanol–water partition coefficient (Wildman–Crippen LogP) is 5.08. The molecule has 0 aliphatic heterocycles. The molecule has 146 valence electrons. The molecule has 0 fully saturated rings. The van der Waals surface area contributed by atoms with Gasteiger partial charge in [-0.25, -0.2) is 9.83 Å². The highest BCUT2D eigenvalue weighted by Gasteiger charge is 2.16. The minimum absolute atomic E-state index is 0.148. The maximum Gasteiger partial charge on any atom is 0.271 e.